The second kappa shape index (κ2) is 5.93. The number of carbonyl (C=O) groups excluding carboxylic acids is 1. The molecule has 2 aromatic carbocycles. The SMILES string of the molecule is Cc1nc2ccccc2nc1C(=O)N(C)Cc1ccccc1. The molecule has 0 bridgehead atoms. The Kier molecular flexibility index (Phi) is 3.83. The number of nitrogens with zero attached hydrogens (tertiary/aromatic N) is 3. The third-order valence-electron chi connectivity index (χ3n) is 3.56. The highest BCUT2D eigenvalue weighted by atomic mass is 16.2. The molecule has 0 saturated carbocycles. The Morgan fingerprint density at radius 1 is 0.955 bits per heavy atom. The predicted molar refractivity (Wildman–Crippen MR) is 86.5 cm³/mol. The molecule has 0 saturated heterocycles. The van der Waals surface area contributed by atoms with Gasteiger partial charge in [0.15, 0.2) is 0 Å². The van der Waals surface area contributed by atoms with Crippen molar-refractivity contribution in [2.24, 2.45) is 0 Å². The van der Waals surface area contributed by atoms with E-state index in [2.05, 4.69) is 9.97 Å². The van der Waals surface area contributed by atoms with Crippen LogP contribution in [0.3, 0.4) is 0 Å². The zero-order chi connectivity index (χ0) is 15.5. The topological polar surface area (TPSA) is 46.1 Å². The molecule has 0 fully saturated rings. The third-order valence-corrected chi connectivity index (χ3v) is 3.56. The Hall–Kier alpha value is -2.75. The lowest BCUT2D eigenvalue weighted by Gasteiger charge is -2.17. The van der Waals surface area contributed by atoms with Gasteiger partial charge in [-0.15, -0.1) is 0 Å². The van der Waals surface area contributed by atoms with E-state index in [9.17, 15) is 4.79 Å². The summed E-state index contributed by atoms with van der Waals surface area (Å²) >= 11 is 0. The Morgan fingerprint density at radius 3 is 2.23 bits per heavy atom. The second-order valence-corrected chi connectivity index (χ2v) is 5.29. The molecule has 0 radical (unpaired) electrons. The first-order valence-electron chi connectivity index (χ1n) is 7.18. The van der Waals surface area contributed by atoms with Crippen LogP contribution in [0.1, 0.15) is 21.7 Å². The van der Waals surface area contributed by atoms with Crippen molar-refractivity contribution in [2.45, 2.75) is 13.5 Å². The zero-order valence-corrected chi connectivity index (χ0v) is 12.7. The molecule has 4 heteroatoms. The molecule has 0 aliphatic carbocycles. The summed E-state index contributed by atoms with van der Waals surface area (Å²) in [7, 11) is 1.78. The number of aromatic nitrogens is 2. The number of rotatable bonds is 3. The minimum atomic E-state index is -0.111. The molecule has 0 aliphatic rings. The Labute approximate surface area is 129 Å². The van der Waals surface area contributed by atoms with Crippen LogP contribution in [-0.2, 0) is 6.54 Å². The van der Waals surface area contributed by atoms with Gasteiger partial charge >= 0.3 is 0 Å². The van der Waals surface area contributed by atoms with Crippen LogP contribution in [0, 0.1) is 6.92 Å². The third kappa shape index (κ3) is 2.81. The number of para-hydroxylation sites is 2. The summed E-state index contributed by atoms with van der Waals surface area (Å²) in [4.78, 5) is 23.3. The average molecular weight is 291 g/mol. The van der Waals surface area contributed by atoms with E-state index in [1.807, 2.05) is 61.5 Å². The summed E-state index contributed by atoms with van der Waals surface area (Å²) in [5, 5.41) is 0. The maximum Gasteiger partial charge on any atom is 0.274 e. The molecule has 0 unspecified atom stereocenters. The van der Waals surface area contributed by atoms with Crippen molar-refractivity contribution in [3.8, 4) is 0 Å². The monoisotopic (exact) mass is 291 g/mol. The van der Waals surface area contributed by atoms with Crippen LogP contribution in [0.4, 0.5) is 0 Å². The molecule has 0 aliphatic heterocycles. The number of hydrogen-bond acceptors (Lipinski definition) is 3. The van der Waals surface area contributed by atoms with E-state index in [1.54, 1.807) is 11.9 Å². The quantitative estimate of drug-likeness (QED) is 0.744. The number of amides is 1. The highest BCUT2D eigenvalue weighted by Gasteiger charge is 2.17. The van der Waals surface area contributed by atoms with Crippen LogP contribution >= 0.6 is 0 Å². The van der Waals surface area contributed by atoms with Crippen molar-refractivity contribution in [3.05, 3.63) is 71.5 Å². The summed E-state index contributed by atoms with van der Waals surface area (Å²) in [6, 6.07) is 17.5. The van der Waals surface area contributed by atoms with Crippen LogP contribution in [0.15, 0.2) is 54.6 Å². The van der Waals surface area contributed by atoms with E-state index in [1.165, 1.54) is 0 Å². The van der Waals surface area contributed by atoms with E-state index in [4.69, 9.17) is 0 Å². The van der Waals surface area contributed by atoms with Crippen LogP contribution in [0.25, 0.3) is 11.0 Å². The molecule has 22 heavy (non-hydrogen) atoms. The summed E-state index contributed by atoms with van der Waals surface area (Å²) in [5.74, 6) is -0.111. The van der Waals surface area contributed by atoms with Gasteiger partial charge in [0.2, 0.25) is 0 Å². The lowest BCUT2D eigenvalue weighted by atomic mass is 10.2. The second-order valence-electron chi connectivity index (χ2n) is 5.29. The minimum Gasteiger partial charge on any atom is -0.336 e. The van der Waals surface area contributed by atoms with Gasteiger partial charge in [0, 0.05) is 13.6 Å². The first-order chi connectivity index (χ1) is 10.6. The molecule has 0 spiro atoms. The highest BCUT2D eigenvalue weighted by Crippen LogP contribution is 2.14. The van der Waals surface area contributed by atoms with Crippen LogP contribution < -0.4 is 0 Å². The number of aryl methyl sites for hydroxylation is 1. The van der Waals surface area contributed by atoms with E-state index < -0.39 is 0 Å². The van der Waals surface area contributed by atoms with Gasteiger partial charge in [0.05, 0.1) is 16.7 Å². The lowest BCUT2D eigenvalue weighted by molar-refractivity contribution is 0.0778. The average Bonchev–Trinajstić information content (AvgIpc) is 2.54. The number of benzene rings is 2. The molecule has 3 aromatic rings. The molecule has 4 nitrogen and oxygen atoms in total. The van der Waals surface area contributed by atoms with Crippen LogP contribution in [-0.4, -0.2) is 27.8 Å². The molecule has 1 heterocycles. The van der Waals surface area contributed by atoms with Crippen LogP contribution in [0.5, 0.6) is 0 Å². The fourth-order valence-corrected chi connectivity index (χ4v) is 2.40. The van der Waals surface area contributed by atoms with Gasteiger partial charge in [-0.2, -0.15) is 0 Å². The molecular weight excluding hydrogens is 274 g/mol. The Balaban J connectivity index is 1.89. The summed E-state index contributed by atoms with van der Waals surface area (Å²) in [5.41, 5.74) is 3.71. The van der Waals surface area contributed by atoms with Gasteiger partial charge in [0.25, 0.3) is 5.91 Å². The fraction of sp³-hybridized carbons (Fsp3) is 0.167. The zero-order valence-electron chi connectivity index (χ0n) is 12.7. The van der Waals surface area contributed by atoms with Crippen molar-refractivity contribution in [2.75, 3.05) is 7.05 Å². The molecule has 0 N–H and O–H groups in total. The first kappa shape index (κ1) is 14.2. The van der Waals surface area contributed by atoms with Crippen molar-refractivity contribution in [3.63, 3.8) is 0 Å². The fourth-order valence-electron chi connectivity index (χ4n) is 2.40. The van der Waals surface area contributed by atoms with Gasteiger partial charge in [0.1, 0.15) is 5.69 Å². The number of hydrogen-bond donors (Lipinski definition) is 0. The predicted octanol–water partition coefficient (Wildman–Crippen LogP) is 3.21. The molecule has 0 atom stereocenters. The van der Waals surface area contributed by atoms with Gasteiger partial charge in [-0.1, -0.05) is 42.5 Å². The Morgan fingerprint density at radius 2 is 1.55 bits per heavy atom. The molecule has 1 amide bonds. The maximum atomic E-state index is 12.6. The largest absolute Gasteiger partial charge is 0.336 e. The molecule has 1 aromatic heterocycles. The standard InChI is InChI=1S/C18H17N3O/c1-13-17(20-16-11-7-6-10-15(16)19-13)18(22)21(2)12-14-8-4-3-5-9-14/h3-11H,12H2,1-2H3. The van der Waals surface area contributed by atoms with Crippen molar-refractivity contribution >= 4 is 16.9 Å². The first-order valence-corrected chi connectivity index (χ1v) is 7.18. The van der Waals surface area contributed by atoms with Crippen LogP contribution in [0.2, 0.25) is 0 Å². The van der Waals surface area contributed by atoms with Gasteiger partial charge in [-0.05, 0) is 24.6 Å². The maximum absolute atomic E-state index is 12.6. The van der Waals surface area contributed by atoms with Crippen molar-refractivity contribution in [1.82, 2.24) is 14.9 Å². The highest BCUT2D eigenvalue weighted by molar-refractivity contribution is 5.95. The van der Waals surface area contributed by atoms with Crippen molar-refractivity contribution < 1.29 is 4.79 Å². The number of fused-ring (bicyclic) bond motifs is 1. The van der Waals surface area contributed by atoms with Crippen molar-refractivity contribution in [1.29, 1.82) is 0 Å². The van der Waals surface area contributed by atoms with E-state index in [0.29, 0.717) is 17.9 Å². The molecule has 110 valence electrons. The normalized spacial score (nSPS) is 10.6. The minimum absolute atomic E-state index is 0.111. The smallest absolute Gasteiger partial charge is 0.274 e. The molecule has 3 rings (SSSR count). The van der Waals surface area contributed by atoms with E-state index in [-0.39, 0.29) is 5.91 Å². The summed E-state index contributed by atoms with van der Waals surface area (Å²) < 4.78 is 0. The van der Waals surface area contributed by atoms with Gasteiger partial charge in [-0.3, -0.25) is 4.79 Å². The van der Waals surface area contributed by atoms with E-state index in [0.717, 1.165) is 16.6 Å². The molecular formula is C18H17N3O. The summed E-state index contributed by atoms with van der Waals surface area (Å²) in [6.07, 6.45) is 0. The van der Waals surface area contributed by atoms with Gasteiger partial charge in [-0.25, -0.2) is 9.97 Å². The lowest BCUT2D eigenvalue weighted by Crippen LogP contribution is -2.28. The Bertz CT molecular complexity index is 815. The van der Waals surface area contributed by atoms with E-state index >= 15 is 0 Å². The number of carbonyl (C=O) groups is 1. The van der Waals surface area contributed by atoms with Gasteiger partial charge < -0.3 is 4.90 Å². The summed E-state index contributed by atoms with van der Waals surface area (Å²) in [6.45, 7) is 2.37.